The van der Waals surface area contributed by atoms with Crippen LogP contribution < -0.4 is 9.80 Å². The third-order valence-electron chi connectivity index (χ3n) is 4.36. The van der Waals surface area contributed by atoms with E-state index in [1.165, 1.54) is 16.8 Å². The zero-order valence-electron chi connectivity index (χ0n) is 15.8. The molecule has 2 nitrogen and oxygen atoms in total. The summed E-state index contributed by atoms with van der Waals surface area (Å²) in [7, 11) is 2.07. The molecule has 2 aromatic carbocycles. The van der Waals surface area contributed by atoms with E-state index in [4.69, 9.17) is 0 Å². The SMILES string of the molecule is C=CCN(C)c1ccc(Cc2ccc(N(CC=C)CC=C)cc2Br)c(Br)c1. The average molecular weight is 490 g/mol. The van der Waals surface area contributed by atoms with Gasteiger partial charge >= 0.3 is 0 Å². The van der Waals surface area contributed by atoms with Crippen LogP contribution >= 0.6 is 31.9 Å². The molecule has 0 bridgehead atoms. The summed E-state index contributed by atoms with van der Waals surface area (Å²) in [5, 5.41) is 0. The molecule has 27 heavy (non-hydrogen) atoms. The fourth-order valence-corrected chi connectivity index (χ4v) is 3.91. The molecule has 0 radical (unpaired) electrons. The number of benzene rings is 2. The van der Waals surface area contributed by atoms with Crippen molar-refractivity contribution in [2.24, 2.45) is 0 Å². The van der Waals surface area contributed by atoms with Crippen LogP contribution in [0.3, 0.4) is 0 Å². The predicted octanol–water partition coefficient (Wildman–Crippen LogP) is 6.60. The van der Waals surface area contributed by atoms with Crippen molar-refractivity contribution in [2.45, 2.75) is 6.42 Å². The van der Waals surface area contributed by atoms with Crippen LogP contribution in [-0.4, -0.2) is 26.7 Å². The van der Waals surface area contributed by atoms with E-state index >= 15 is 0 Å². The quantitative estimate of drug-likeness (QED) is 0.346. The van der Waals surface area contributed by atoms with Crippen molar-refractivity contribution in [1.29, 1.82) is 0 Å². The van der Waals surface area contributed by atoms with Gasteiger partial charge < -0.3 is 9.80 Å². The number of halogens is 2. The third kappa shape index (κ3) is 5.85. The van der Waals surface area contributed by atoms with Crippen molar-refractivity contribution in [3.63, 3.8) is 0 Å². The van der Waals surface area contributed by atoms with E-state index in [-0.39, 0.29) is 0 Å². The van der Waals surface area contributed by atoms with Crippen LogP contribution in [0.1, 0.15) is 11.1 Å². The molecule has 4 heteroatoms. The Morgan fingerprint density at radius 2 is 1.26 bits per heavy atom. The van der Waals surface area contributed by atoms with E-state index in [0.717, 1.165) is 40.7 Å². The number of hydrogen-bond acceptors (Lipinski definition) is 2. The van der Waals surface area contributed by atoms with Crippen LogP contribution in [0.5, 0.6) is 0 Å². The van der Waals surface area contributed by atoms with Gasteiger partial charge in [0, 0.05) is 47.0 Å². The summed E-state index contributed by atoms with van der Waals surface area (Å²) in [6.45, 7) is 13.9. The van der Waals surface area contributed by atoms with Crippen molar-refractivity contribution < 1.29 is 0 Å². The lowest BCUT2D eigenvalue weighted by Gasteiger charge is -2.22. The lowest BCUT2D eigenvalue weighted by atomic mass is 10.0. The monoisotopic (exact) mass is 488 g/mol. The number of likely N-dealkylation sites (N-methyl/N-ethyl adjacent to an activating group) is 1. The van der Waals surface area contributed by atoms with Gasteiger partial charge in [0.15, 0.2) is 0 Å². The van der Waals surface area contributed by atoms with Crippen LogP contribution in [0.4, 0.5) is 11.4 Å². The second kappa shape index (κ2) is 10.5. The molecule has 0 aliphatic carbocycles. The molecular formula is C23H26Br2N2. The summed E-state index contributed by atoms with van der Waals surface area (Å²) in [6, 6.07) is 13.0. The molecule has 0 heterocycles. The van der Waals surface area contributed by atoms with Gasteiger partial charge in [-0.15, -0.1) is 19.7 Å². The maximum Gasteiger partial charge on any atom is 0.0383 e. The molecule has 0 amide bonds. The average Bonchev–Trinajstić information content (AvgIpc) is 2.64. The van der Waals surface area contributed by atoms with Gasteiger partial charge in [-0.2, -0.15) is 0 Å². The minimum absolute atomic E-state index is 0.795. The molecule has 0 N–H and O–H groups in total. The van der Waals surface area contributed by atoms with Gasteiger partial charge in [0.1, 0.15) is 0 Å². The van der Waals surface area contributed by atoms with Gasteiger partial charge in [-0.05, 0) is 41.8 Å². The van der Waals surface area contributed by atoms with Gasteiger partial charge in [0.05, 0.1) is 0 Å². The van der Waals surface area contributed by atoms with Crippen LogP contribution in [0.2, 0.25) is 0 Å². The molecule has 0 saturated heterocycles. The second-order valence-corrected chi connectivity index (χ2v) is 8.09. The smallest absolute Gasteiger partial charge is 0.0383 e. The number of anilines is 2. The zero-order valence-corrected chi connectivity index (χ0v) is 19.0. The first-order valence-corrected chi connectivity index (χ1v) is 10.4. The van der Waals surface area contributed by atoms with E-state index < -0.39 is 0 Å². The summed E-state index contributed by atoms with van der Waals surface area (Å²) < 4.78 is 2.23. The Bertz CT molecular complexity index is 804. The minimum Gasteiger partial charge on any atom is -0.371 e. The van der Waals surface area contributed by atoms with E-state index in [9.17, 15) is 0 Å². The Labute approximate surface area is 180 Å². The molecule has 0 unspecified atom stereocenters. The first kappa shape index (κ1) is 21.5. The van der Waals surface area contributed by atoms with E-state index in [2.05, 4.69) is 105 Å². The lowest BCUT2D eigenvalue weighted by molar-refractivity contribution is 0.954. The van der Waals surface area contributed by atoms with Gasteiger partial charge in [-0.25, -0.2) is 0 Å². The summed E-state index contributed by atoms with van der Waals surface area (Å²) in [6.07, 6.45) is 6.58. The fraction of sp³-hybridized carbons (Fsp3) is 0.217. The molecule has 0 saturated carbocycles. The first-order valence-electron chi connectivity index (χ1n) is 8.85. The predicted molar refractivity (Wildman–Crippen MR) is 127 cm³/mol. The van der Waals surface area contributed by atoms with Crippen LogP contribution in [0.15, 0.2) is 83.3 Å². The van der Waals surface area contributed by atoms with Crippen molar-refractivity contribution in [1.82, 2.24) is 0 Å². The molecule has 0 atom stereocenters. The number of rotatable bonds is 10. The molecule has 0 fully saturated rings. The molecule has 0 spiro atoms. The molecule has 142 valence electrons. The maximum atomic E-state index is 3.84. The van der Waals surface area contributed by atoms with Gasteiger partial charge in [0.25, 0.3) is 0 Å². The van der Waals surface area contributed by atoms with Crippen LogP contribution in [0.25, 0.3) is 0 Å². The Morgan fingerprint density at radius 1 is 0.778 bits per heavy atom. The van der Waals surface area contributed by atoms with Crippen molar-refractivity contribution in [3.8, 4) is 0 Å². The molecule has 0 aliphatic heterocycles. The highest BCUT2D eigenvalue weighted by molar-refractivity contribution is 9.10. The van der Waals surface area contributed by atoms with Gasteiger partial charge in [-0.3, -0.25) is 0 Å². The van der Waals surface area contributed by atoms with Crippen molar-refractivity contribution in [3.05, 3.63) is 94.4 Å². The van der Waals surface area contributed by atoms with Crippen molar-refractivity contribution in [2.75, 3.05) is 36.5 Å². The van der Waals surface area contributed by atoms with Crippen molar-refractivity contribution >= 4 is 43.2 Å². The van der Waals surface area contributed by atoms with Gasteiger partial charge in [0.2, 0.25) is 0 Å². The topological polar surface area (TPSA) is 6.48 Å². The van der Waals surface area contributed by atoms with Crippen LogP contribution in [0, 0.1) is 0 Å². The second-order valence-electron chi connectivity index (χ2n) is 6.38. The third-order valence-corrected chi connectivity index (χ3v) is 5.84. The Hall–Kier alpha value is -1.78. The highest BCUT2D eigenvalue weighted by Gasteiger charge is 2.10. The minimum atomic E-state index is 0.795. The molecular weight excluding hydrogens is 464 g/mol. The van der Waals surface area contributed by atoms with E-state index in [1.54, 1.807) is 0 Å². The number of nitrogens with zero attached hydrogens (tertiary/aromatic N) is 2. The largest absolute Gasteiger partial charge is 0.371 e. The molecule has 0 aromatic heterocycles. The highest BCUT2D eigenvalue weighted by Crippen LogP contribution is 2.30. The summed E-state index contributed by atoms with van der Waals surface area (Å²) in [4.78, 5) is 4.40. The van der Waals surface area contributed by atoms with E-state index in [0.29, 0.717) is 0 Å². The Kier molecular flexibility index (Phi) is 8.39. The normalized spacial score (nSPS) is 10.3. The number of hydrogen-bond donors (Lipinski definition) is 0. The van der Waals surface area contributed by atoms with E-state index in [1.807, 2.05) is 18.2 Å². The molecule has 2 rings (SSSR count). The summed E-state index contributed by atoms with van der Waals surface area (Å²) in [5.74, 6) is 0. The summed E-state index contributed by atoms with van der Waals surface area (Å²) >= 11 is 7.47. The molecule has 2 aromatic rings. The highest BCUT2D eigenvalue weighted by atomic mass is 79.9. The first-order chi connectivity index (χ1) is 13.0. The Balaban J connectivity index is 2.21. The maximum absolute atomic E-state index is 3.84. The summed E-state index contributed by atoms with van der Waals surface area (Å²) in [5.41, 5.74) is 4.84. The molecule has 0 aliphatic rings. The zero-order chi connectivity index (χ0) is 19.8. The lowest BCUT2D eigenvalue weighted by Crippen LogP contribution is -2.23. The Morgan fingerprint density at radius 3 is 1.74 bits per heavy atom. The standard InChI is InChI=1S/C23H26Br2N2/c1-5-12-26(4)20-10-8-18(22(24)16-20)15-19-9-11-21(17-23(19)25)27(13-6-2)14-7-3/h5-11,16-17H,1-3,12-15H2,4H3. The van der Waals surface area contributed by atoms with Gasteiger partial charge in [-0.1, -0.05) is 62.2 Å². The van der Waals surface area contributed by atoms with Crippen LogP contribution in [-0.2, 0) is 6.42 Å². The fourth-order valence-electron chi connectivity index (χ4n) is 2.89.